The highest BCUT2D eigenvalue weighted by Gasteiger charge is 2.31. The third-order valence-corrected chi connectivity index (χ3v) is 5.87. The van der Waals surface area contributed by atoms with Crippen molar-refractivity contribution in [3.05, 3.63) is 75.8 Å². The maximum absolute atomic E-state index is 12.8. The average molecular weight is 376 g/mol. The zero-order valence-corrected chi connectivity index (χ0v) is 16.0. The largest absolute Gasteiger partial charge is 0.481 e. The standard InChI is InChI=1S/C23H24N2O3/c1-15-24-20-9-5-4-8-19(20)22(26)25(15)14-16-10-12-18(13-11-16)21(23(27)28)17-6-2-3-7-17/h4-5,8-13,17,21H,2-3,6-7,14H2,1H3,(H,27,28). The second kappa shape index (κ2) is 7.58. The predicted octanol–water partition coefficient (Wildman–Crippen LogP) is 4.11. The minimum atomic E-state index is -0.745. The van der Waals surface area contributed by atoms with Crippen molar-refractivity contribution in [1.29, 1.82) is 0 Å². The second-order valence-electron chi connectivity index (χ2n) is 7.67. The summed E-state index contributed by atoms with van der Waals surface area (Å²) in [7, 11) is 0. The van der Waals surface area contributed by atoms with Crippen molar-refractivity contribution in [2.24, 2.45) is 5.92 Å². The molecule has 0 saturated heterocycles. The zero-order valence-electron chi connectivity index (χ0n) is 16.0. The summed E-state index contributed by atoms with van der Waals surface area (Å²) in [4.78, 5) is 29.2. The summed E-state index contributed by atoms with van der Waals surface area (Å²) in [6, 6.07) is 15.0. The van der Waals surface area contributed by atoms with Gasteiger partial charge in [0.1, 0.15) is 5.82 Å². The number of aryl methyl sites for hydroxylation is 1. The van der Waals surface area contributed by atoms with Gasteiger partial charge in [-0.25, -0.2) is 4.98 Å². The molecule has 5 heteroatoms. The summed E-state index contributed by atoms with van der Waals surface area (Å²) in [6.07, 6.45) is 4.19. The Bertz CT molecular complexity index is 1060. The lowest BCUT2D eigenvalue weighted by Gasteiger charge is -2.20. The molecule has 1 aromatic heterocycles. The molecular weight excluding hydrogens is 352 g/mol. The Morgan fingerprint density at radius 1 is 1.14 bits per heavy atom. The number of hydrogen-bond acceptors (Lipinski definition) is 3. The van der Waals surface area contributed by atoms with Gasteiger partial charge in [-0.1, -0.05) is 49.2 Å². The number of carbonyl (C=O) groups is 1. The maximum Gasteiger partial charge on any atom is 0.311 e. The van der Waals surface area contributed by atoms with Crippen LogP contribution in [0.5, 0.6) is 0 Å². The van der Waals surface area contributed by atoms with Gasteiger partial charge in [0.2, 0.25) is 0 Å². The number of carboxylic acid groups (broad SMARTS) is 1. The van der Waals surface area contributed by atoms with E-state index in [1.54, 1.807) is 10.6 Å². The zero-order chi connectivity index (χ0) is 19.7. The van der Waals surface area contributed by atoms with E-state index >= 15 is 0 Å². The molecule has 1 aliphatic rings. The molecular formula is C23H24N2O3. The fourth-order valence-electron chi connectivity index (χ4n) is 4.39. The average Bonchev–Trinajstić information content (AvgIpc) is 3.20. The van der Waals surface area contributed by atoms with Crippen LogP contribution in [0.25, 0.3) is 10.9 Å². The smallest absolute Gasteiger partial charge is 0.311 e. The van der Waals surface area contributed by atoms with Gasteiger partial charge in [-0.05, 0) is 48.9 Å². The van der Waals surface area contributed by atoms with Gasteiger partial charge in [0.05, 0.1) is 23.4 Å². The summed E-state index contributed by atoms with van der Waals surface area (Å²) in [5.41, 5.74) is 2.46. The number of rotatable bonds is 5. The SMILES string of the molecule is Cc1nc2ccccc2c(=O)n1Cc1ccc(C(C(=O)O)C2CCCC2)cc1. The molecule has 1 unspecified atom stereocenters. The van der Waals surface area contributed by atoms with E-state index in [1.807, 2.05) is 49.4 Å². The lowest BCUT2D eigenvalue weighted by molar-refractivity contribution is -0.140. The van der Waals surface area contributed by atoms with Crippen LogP contribution < -0.4 is 5.56 Å². The Kier molecular flexibility index (Phi) is 4.99. The van der Waals surface area contributed by atoms with Gasteiger partial charge in [-0.3, -0.25) is 14.2 Å². The van der Waals surface area contributed by atoms with E-state index in [9.17, 15) is 14.7 Å². The highest BCUT2D eigenvalue weighted by molar-refractivity contribution is 5.77. The van der Waals surface area contributed by atoms with Gasteiger partial charge >= 0.3 is 5.97 Å². The monoisotopic (exact) mass is 376 g/mol. The van der Waals surface area contributed by atoms with Crippen LogP contribution in [0, 0.1) is 12.8 Å². The topological polar surface area (TPSA) is 72.2 Å². The van der Waals surface area contributed by atoms with Gasteiger partial charge in [0.25, 0.3) is 5.56 Å². The predicted molar refractivity (Wildman–Crippen MR) is 109 cm³/mol. The van der Waals surface area contributed by atoms with Crippen molar-refractivity contribution in [2.45, 2.75) is 45.1 Å². The molecule has 28 heavy (non-hydrogen) atoms. The van der Waals surface area contributed by atoms with Crippen LogP contribution in [-0.4, -0.2) is 20.6 Å². The number of hydrogen-bond donors (Lipinski definition) is 1. The third kappa shape index (κ3) is 3.44. The van der Waals surface area contributed by atoms with Gasteiger partial charge in [-0.15, -0.1) is 0 Å². The van der Waals surface area contributed by atoms with Gasteiger partial charge in [-0.2, -0.15) is 0 Å². The highest BCUT2D eigenvalue weighted by Crippen LogP contribution is 2.37. The first kappa shape index (κ1) is 18.4. The van der Waals surface area contributed by atoms with Gasteiger partial charge in [0, 0.05) is 0 Å². The number of aromatic nitrogens is 2. The van der Waals surface area contributed by atoms with Crippen LogP contribution in [-0.2, 0) is 11.3 Å². The molecule has 1 saturated carbocycles. The molecule has 1 N–H and O–H groups in total. The number of carboxylic acids is 1. The lowest BCUT2D eigenvalue weighted by atomic mass is 9.84. The number of nitrogens with zero attached hydrogens (tertiary/aromatic N) is 2. The summed E-state index contributed by atoms with van der Waals surface area (Å²) < 4.78 is 1.67. The van der Waals surface area contributed by atoms with Crippen molar-refractivity contribution in [3.63, 3.8) is 0 Å². The number of fused-ring (bicyclic) bond motifs is 1. The highest BCUT2D eigenvalue weighted by atomic mass is 16.4. The number of para-hydroxylation sites is 1. The number of aliphatic carboxylic acids is 1. The Morgan fingerprint density at radius 3 is 2.50 bits per heavy atom. The minimum absolute atomic E-state index is 0.0541. The first-order valence-corrected chi connectivity index (χ1v) is 9.82. The second-order valence-corrected chi connectivity index (χ2v) is 7.67. The third-order valence-electron chi connectivity index (χ3n) is 5.87. The molecule has 0 aliphatic heterocycles. The molecule has 0 bridgehead atoms. The van der Waals surface area contributed by atoms with Gasteiger partial charge < -0.3 is 5.11 Å². The Labute approximate surface area is 163 Å². The Balaban J connectivity index is 1.62. The molecule has 1 aliphatic carbocycles. The maximum atomic E-state index is 12.8. The molecule has 5 nitrogen and oxygen atoms in total. The number of benzene rings is 2. The fourth-order valence-corrected chi connectivity index (χ4v) is 4.39. The van der Waals surface area contributed by atoms with Crippen LogP contribution in [0.1, 0.15) is 48.6 Å². The molecule has 1 atom stereocenters. The molecule has 0 spiro atoms. The fraction of sp³-hybridized carbons (Fsp3) is 0.348. The summed E-state index contributed by atoms with van der Waals surface area (Å²) >= 11 is 0. The van der Waals surface area contributed by atoms with E-state index in [1.165, 1.54) is 0 Å². The van der Waals surface area contributed by atoms with E-state index in [0.29, 0.717) is 23.3 Å². The molecule has 0 radical (unpaired) electrons. The quantitative estimate of drug-likeness (QED) is 0.727. The normalized spacial score (nSPS) is 15.8. The summed E-state index contributed by atoms with van der Waals surface area (Å²) in [6.45, 7) is 2.26. The van der Waals surface area contributed by atoms with Crippen molar-refractivity contribution in [1.82, 2.24) is 9.55 Å². The molecule has 1 heterocycles. The first-order valence-electron chi connectivity index (χ1n) is 9.82. The summed E-state index contributed by atoms with van der Waals surface area (Å²) in [5, 5.41) is 10.3. The molecule has 4 rings (SSSR count). The Hall–Kier alpha value is -2.95. The first-order chi connectivity index (χ1) is 13.5. The van der Waals surface area contributed by atoms with Gasteiger partial charge in [0.15, 0.2) is 0 Å². The van der Waals surface area contributed by atoms with E-state index in [-0.39, 0.29) is 11.5 Å². The molecule has 3 aromatic rings. The van der Waals surface area contributed by atoms with Crippen molar-refractivity contribution >= 4 is 16.9 Å². The minimum Gasteiger partial charge on any atom is -0.481 e. The van der Waals surface area contributed by atoms with Crippen molar-refractivity contribution < 1.29 is 9.90 Å². The molecule has 0 amide bonds. The van der Waals surface area contributed by atoms with E-state index in [0.717, 1.165) is 36.8 Å². The van der Waals surface area contributed by atoms with E-state index < -0.39 is 11.9 Å². The summed E-state index contributed by atoms with van der Waals surface area (Å²) in [5.74, 6) is -0.297. The van der Waals surface area contributed by atoms with Crippen molar-refractivity contribution in [3.8, 4) is 0 Å². The van der Waals surface area contributed by atoms with Crippen LogP contribution in [0.2, 0.25) is 0 Å². The molecule has 144 valence electrons. The molecule has 1 fully saturated rings. The van der Waals surface area contributed by atoms with Crippen LogP contribution in [0.4, 0.5) is 0 Å². The van der Waals surface area contributed by atoms with Crippen LogP contribution >= 0.6 is 0 Å². The lowest BCUT2D eigenvalue weighted by Crippen LogP contribution is -2.24. The van der Waals surface area contributed by atoms with Crippen LogP contribution in [0.15, 0.2) is 53.3 Å². The van der Waals surface area contributed by atoms with E-state index in [2.05, 4.69) is 4.98 Å². The van der Waals surface area contributed by atoms with E-state index in [4.69, 9.17) is 0 Å². The Morgan fingerprint density at radius 2 is 1.82 bits per heavy atom. The molecule has 2 aromatic carbocycles. The van der Waals surface area contributed by atoms with Crippen molar-refractivity contribution in [2.75, 3.05) is 0 Å². The van der Waals surface area contributed by atoms with Crippen LogP contribution in [0.3, 0.4) is 0 Å².